The van der Waals surface area contributed by atoms with Crippen molar-refractivity contribution in [1.82, 2.24) is 0 Å². The number of anilines is 1. The number of alkyl halides is 2. The van der Waals surface area contributed by atoms with Crippen LogP contribution in [-0.2, 0) is 31.3 Å². The van der Waals surface area contributed by atoms with Gasteiger partial charge in [-0.05, 0) is 44.4 Å². The molecule has 0 unspecified atom stereocenters. The van der Waals surface area contributed by atoms with Crippen molar-refractivity contribution in [1.29, 1.82) is 0 Å². The molecule has 0 heterocycles. The molecular weight excluding hydrogens is 388 g/mol. The van der Waals surface area contributed by atoms with E-state index in [0.717, 1.165) is 11.0 Å². The fourth-order valence-corrected chi connectivity index (χ4v) is 3.16. The van der Waals surface area contributed by atoms with Gasteiger partial charge in [0.25, 0.3) is 5.92 Å². The van der Waals surface area contributed by atoms with E-state index in [9.17, 15) is 23.2 Å². The number of carbonyl (C=O) groups is 3. The monoisotopic (exact) mass is 413 g/mol. The number of hydrogen-bond donors (Lipinski definition) is 0. The van der Waals surface area contributed by atoms with E-state index in [-0.39, 0.29) is 49.0 Å². The predicted molar refractivity (Wildman–Crippen MR) is 100 cm³/mol. The number of halogens is 2. The van der Waals surface area contributed by atoms with Crippen molar-refractivity contribution in [3.05, 3.63) is 28.8 Å². The van der Waals surface area contributed by atoms with Crippen LogP contribution in [0.2, 0.25) is 0 Å². The number of methoxy groups -OCH3 is 2. The summed E-state index contributed by atoms with van der Waals surface area (Å²) in [6, 6.07) is 2.49. The van der Waals surface area contributed by atoms with Crippen LogP contribution in [0.5, 0.6) is 0 Å². The number of carbonyl (C=O) groups excluding carboxylic acids is 3. The summed E-state index contributed by atoms with van der Waals surface area (Å²) in [6.45, 7) is 3.25. The summed E-state index contributed by atoms with van der Waals surface area (Å²) in [5.41, 5.74) is 0.0665. The summed E-state index contributed by atoms with van der Waals surface area (Å²) >= 11 is 0. The molecule has 0 saturated heterocycles. The van der Waals surface area contributed by atoms with Crippen molar-refractivity contribution in [2.45, 2.75) is 51.6 Å². The SMILES string of the molecule is COC(=O)CCCN(C(=O)OC(C)C)c1cc2c(cc1C(=O)OC)CCC2(F)F. The zero-order chi connectivity index (χ0) is 21.8. The van der Waals surface area contributed by atoms with Gasteiger partial charge >= 0.3 is 18.0 Å². The summed E-state index contributed by atoms with van der Waals surface area (Å²) in [5, 5.41) is 0. The minimum Gasteiger partial charge on any atom is -0.469 e. The third kappa shape index (κ3) is 5.21. The van der Waals surface area contributed by atoms with Crippen LogP contribution in [0, 0.1) is 0 Å². The van der Waals surface area contributed by atoms with E-state index in [1.807, 2.05) is 0 Å². The molecule has 160 valence electrons. The highest BCUT2D eigenvalue weighted by molar-refractivity contribution is 6.01. The highest BCUT2D eigenvalue weighted by Crippen LogP contribution is 2.44. The molecule has 0 N–H and O–H groups in total. The predicted octanol–water partition coefficient (Wildman–Crippen LogP) is 3.82. The van der Waals surface area contributed by atoms with Crippen LogP contribution in [0.15, 0.2) is 12.1 Å². The number of ether oxygens (including phenoxy) is 3. The second-order valence-corrected chi connectivity index (χ2v) is 6.99. The number of amides is 1. The molecule has 9 heteroatoms. The van der Waals surface area contributed by atoms with Crippen LogP contribution < -0.4 is 4.90 Å². The second kappa shape index (κ2) is 9.19. The Labute approximate surface area is 167 Å². The molecule has 7 nitrogen and oxygen atoms in total. The molecule has 1 aromatic carbocycles. The van der Waals surface area contributed by atoms with Gasteiger partial charge in [-0.3, -0.25) is 9.69 Å². The first-order valence-electron chi connectivity index (χ1n) is 9.29. The van der Waals surface area contributed by atoms with Crippen LogP contribution in [0.4, 0.5) is 19.3 Å². The van der Waals surface area contributed by atoms with Gasteiger partial charge in [0.2, 0.25) is 0 Å². The lowest BCUT2D eigenvalue weighted by Gasteiger charge is -2.26. The molecular formula is C20H25F2NO6. The summed E-state index contributed by atoms with van der Waals surface area (Å²) in [4.78, 5) is 37.5. The van der Waals surface area contributed by atoms with Crippen molar-refractivity contribution in [3.8, 4) is 0 Å². The van der Waals surface area contributed by atoms with Gasteiger partial charge in [0.15, 0.2) is 0 Å². The summed E-state index contributed by atoms with van der Waals surface area (Å²) in [5.74, 6) is -4.29. The lowest BCUT2D eigenvalue weighted by Crippen LogP contribution is -2.36. The van der Waals surface area contributed by atoms with Gasteiger partial charge in [-0.15, -0.1) is 0 Å². The highest BCUT2D eigenvalue weighted by atomic mass is 19.3. The summed E-state index contributed by atoms with van der Waals surface area (Å²) in [6.07, 6.45) is -1.33. The van der Waals surface area contributed by atoms with E-state index in [0.29, 0.717) is 5.56 Å². The molecule has 0 spiro atoms. The number of nitrogens with zero attached hydrogens (tertiary/aromatic N) is 1. The standard InChI is InChI=1S/C20H25F2NO6/c1-12(2)29-19(26)23(9-5-6-17(24)27-3)16-11-15-13(7-8-20(15,21)22)10-14(16)18(25)28-4/h10-12H,5-9H2,1-4H3. The normalized spacial score (nSPS) is 14.3. The Kier molecular flexibility index (Phi) is 7.16. The van der Waals surface area contributed by atoms with Gasteiger partial charge in [0.1, 0.15) is 0 Å². The van der Waals surface area contributed by atoms with E-state index in [1.54, 1.807) is 13.8 Å². The number of hydrogen-bond acceptors (Lipinski definition) is 6. The van der Waals surface area contributed by atoms with Crippen molar-refractivity contribution in [2.24, 2.45) is 0 Å². The third-order valence-corrected chi connectivity index (χ3v) is 4.57. The Bertz CT molecular complexity index is 793. The zero-order valence-corrected chi connectivity index (χ0v) is 16.9. The smallest absolute Gasteiger partial charge is 0.414 e. The number of esters is 2. The van der Waals surface area contributed by atoms with Gasteiger partial charge in [0.05, 0.1) is 31.6 Å². The minimum atomic E-state index is -3.06. The minimum absolute atomic E-state index is 0.0105. The molecule has 0 aliphatic heterocycles. The molecule has 1 amide bonds. The highest BCUT2D eigenvalue weighted by Gasteiger charge is 2.41. The van der Waals surface area contributed by atoms with Crippen LogP contribution in [0.25, 0.3) is 0 Å². The van der Waals surface area contributed by atoms with Gasteiger partial charge in [-0.1, -0.05) is 0 Å². The number of benzene rings is 1. The van der Waals surface area contributed by atoms with E-state index in [1.165, 1.54) is 20.3 Å². The van der Waals surface area contributed by atoms with Crippen LogP contribution in [-0.4, -0.2) is 44.9 Å². The van der Waals surface area contributed by atoms with Crippen molar-refractivity contribution in [3.63, 3.8) is 0 Å². The summed E-state index contributed by atoms with van der Waals surface area (Å²) in [7, 11) is 2.41. The first kappa shape index (κ1) is 22.6. The van der Waals surface area contributed by atoms with E-state index in [2.05, 4.69) is 4.74 Å². The van der Waals surface area contributed by atoms with Gasteiger partial charge in [0, 0.05) is 24.9 Å². The fourth-order valence-electron chi connectivity index (χ4n) is 3.16. The quantitative estimate of drug-likeness (QED) is 0.499. The molecule has 0 radical (unpaired) electrons. The molecule has 1 aromatic rings. The van der Waals surface area contributed by atoms with Gasteiger partial charge < -0.3 is 14.2 Å². The van der Waals surface area contributed by atoms with Crippen LogP contribution >= 0.6 is 0 Å². The second-order valence-electron chi connectivity index (χ2n) is 6.99. The first-order valence-corrected chi connectivity index (χ1v) is 9.29. The Balaban J connectivity index is 2.50. The van der Waals surface area contributed by atoms with E-state index < -0.39 is 30.1 Å². The average molecular weight is 413 g/mol. The topological polar surface area (TPSA) is 82.1 Å². The van der Waals surface area contributed by atoms with Crippen LogP contribution in [0.1, 0.15) is 54.6 Å². The van der Waals surface area contributed by atoms with Crippen molar-refractivity contribution >= 4 is 23.7 Å². The maximum Gasteiger partial charge on any atom is 0.414 e. The lowest BCUT2D eigenvalue weighted by molar-refractivity contribution is -0.140. The Morgan fingerprint density at radius 1 is 1.17 bits per heavy atom. The molecule has 29 heavy (non-hydrogen) atoms. The first-order chi connectivity index (χ1) is 13.6. The Hall–Kier alpha value is -2.71. The average Bonchev–Trinajstić information content (AvgIpc) is 2.97. The van der Waals surface area contributed by atoms with E-state index in [4.69, 9.17) is 9.47 Å². The molecule has 2 rings (SSSR count). The Morgan fingerprint density at radius 2 is 1.86 bits per heavy atom. The Morgan fingerprint density at radius 3 is 2.45 bits per heavy atom. The molecule has 0 saturated carbocycles. The number of rotatable bonds is 7. The van der Waals surface area contributed by atoms with Gasteiger partial charge in [-0.25, -0.2) is 18.4 Å². The van der Waals surface area contributed by atoms with Crippen molar-refractivity contribution in [2.75, 3.05) is 25.7 Å². The molecule has 0 atom stereocenters. The van der Waals surface area contributed by atoms with Crippen LogP contribution in [0.3, 0.4) is 0 Å². The maximum absolute atomic E-state index is 14.3. The molecule has 1 aliphatic rings. The van der Waals surface area contributed by atoms with Crippen molar-refractivity contribution < 1.29 is 37.4 Å². The largest absolute Gasteiger partial charge is 0.469 e. The van der Waals surface area contributed by atoms with Gasteiger partial charge in [-0.2, -0.15) is 0 Å². The molecule has 0 bridgehead atoms. The fraction of sp³-hybridized carbons (Fsp3) is 0.550. The molecule has 0 aromatic heterocycles. The zero-order valence-electron chi connectivity index (χ0n) is 16.9. The third-order valence-electron chi connectivity index (χ3n) is 4.57. The lowest BCUT2D eigenvalue weighted by atomic mass is 10.0. The number of fused-ring (bicyclic) bond motifs is 1. The summed E-state index contributed by atoms with van der Waals surface area (Å²) < 4.78 is 43.2. The molecule has 0 fully saturated rings. The van der Waals surface area contributed by atoms with E-state index >= 15 is 0 Å². The maximum atomic E-state index is 14.3. The molecule has 1 aliphatic carbocycles. The number of aryl methyl sites for hydroxylation is 1.